The van der Waals surface area contributed by atoms with Gasteiger partial charge in [0, 0.05) is 22.9 Å². The molecule has 2 N–H and O–H groups in total. The second-order valence-corrected chi connectivity index (χ2v) is 8.03. The van der Waals surface area contributed by atoms with Crippen molar-refractivity contribution in [3.8, 4) is 0 Å². The molecule has 0 amide bonds. The highest BCUT2D eigenvalue weighted by molar-refractivity contribution is 7.10. The van der Waals surface area contributed by atoms with E-state index in [0.717, 1.165) is 32.2 Å². The van der Waals surface area contributed by atoms with Gasteiger partial charge in [-0.1, -0.05) is 25.3 Å². The summed E-state index contributed by atoms with van der Waals surface area (Å²) in [5.74, 6) is -0.722. The first-order valence-electron chi connectivity index (χ1n) is 8.70. The molecule has 4 heteroatoms. The van der Waals surface area contributed by atoms with E-state index in [1.165, 1.54) is 32.1 Å². The van der Waals surface area contributed by atoms with E-state index in [0.29, 0.717) is 11.5 Å². The Morgan fingerprint density at radius 1 is 1.23 bits per heavy atom. The number of nitrogens with one attached hydrogen (secondary N) is 1. The van der Waals surface area contributed by atoms with Crippen molar-refractivity contribution in [1.82, 2.24) is 5.32 Å². The summed E-state index contributed by atoms with van der Waals surface area (Å²) in [6.07, 6.45) is 10.3. The van der Waals surface area contributed by atoms with Crippen molar-refractivity contribution in [2.24, 2.45) is 5.92 Å². The fraction of sp³-hybridized carbons (Fsp3) is 0.722. The van der Waals surface area contributed by atoms with Gasteiger partial charge in [0.15, 0.2) is 0 Å². The van der Waals surface area contributed by atoms with Crippen LogP contribution in [0.25, 0.3) is 0 Å². The van der Waals surface area contributed by atoms with Crippen molar-refractivity contribution in [1.29, 1.82) is 0 Å². The lowest BCUT2D eigenvalue weighted by atomic mass is 9.72. The van der Waals surface area contributed by atoms with Gasteiger partial charge in [0.1, 0.15) is 0 Å². The van der Waals surface area contributed by atoms with Gasteiger partial charge in [-0.05, 0) is 50.0 Å². The van der Waals surface area contributed by atoms with Gasteiger partial charge in [-0.25, -0.2) is 0 Å². The van der Waals surface area contributed by atoms with E-state index >= 15 is 0 Å². The summed E-state index contributed by atoms with van der Waals surface area (Å²) in [6.45, 7) is 1.07. The van der Waals surface area contributed by atoms with Crippen LogP contribution in [0, 0.1) is 5.92 Å². The van der Waals surface area contributed by atoms with Crippen molar-refractivity contribution in [2.75, 3.05) is 6.54 Å². The first-order chi connectivity index (χ1) is 10.7. The van der Waals surface area contributed by atoms with Gasteiger partial charge in [0.2, 0.25) is 0 Å². The predicted molar refractivity (Wildman–Crippen MR) is 90.5 cm³/mol. The Bertz CT molecular complexity index is 471. The largest absolute Gasteiger partial charge is 0.481 e. The molecule has 0 spiro atoms. The summed E-state index contributed by atoms with van der Waals surface area (Å²) < 4.78 is 0. The topological polar surface area (TPSA) is 49.3 Å². The van der Waals surface area contributed by atoms with Gasteiger partial charge < -0.3 is 10.4 Å². The number of carbonyl (C=O) groups is 1. The average Bonchev–Trinajstić information content (AvgIpc) is 3.09. The molecule has 22 heavy (non-hydrogen) atoms. The Hall–Kier alpha value is -0.870. The molecule has 0 atom stereocenters. The minimum Gasteiger partial charge on any atom is -0.481 e. The van der Waals surface area contributed by atoms with Crippen LogP contribution in [0.15, 0.2) is 17.5 Å². The number of hydrogen-bond acceptors (Lipinski definition) is 3. The number of rotatable bonds is 5. The van der Waals surface area contributed by atoms with Crippen LogP contribution >= 0.6 is 11.3 Å². The van der Waals surface area contributed by atoms with Crippen LogP contribution in [0.2, 0.25) is 0 Å². The normalized spacial score (nSPS) is 28.4. The summed E-state index contributed by atoms with van der Waals surface area (Å²) in [6, 6.07) is 4.99. The summed E-state index contributed by atoms with van der Waals surface area (Å²) in [4.78, 5) is 12.6. The van der Waals surface area contributed by atoms with Gasteiger partial charge in [0.25, 0.3) is 0 Å². The molecule has 1 aromatic heterocycles. The molecule has 0 bridgehead atoms. The molecule has 3 rings (SSSR count). The maximum absolute atomic E-state index is 11.1. The quantitative estimate of drug-likeness (QED) is 0.855. The minimum atomic E-state index is -0.610. The summed E-state index contributed by atoms with van der Waals surface area (Å²) in [5, 5.41) is 15.1. The van der Waals surface area contributed by atoms with Crippen LogP contribution in [0.5, 0.6) is 0 Å². The zero-order chi connectivity index (χ0) is 15.4. The highest BCUT2D eigenvalue weighted by Crippen LogP contribution is 2.41. The van der Waals surface area contributed by atoms with Crippen molar-refractivity contribution in [3.05, 3.63) is 22.4 Å². The molecule has 2 aliphatic carbocycles. The molecule has 0 unspecified atom stereocenters. The number of aliphatic carboxylic acids is 1. The number of carboxylic acids is 1. The lowest BCUT2D eigenvalue weighted by molar-refractivity contribution is -0.142. The van der Waals surface area contributed by atoms with Crippen LogP contribution in [0.3, 0.4) is 0 Å². The molecule has 1 aromatic rings. The molecule has 0 saturated heterocycles. The van der Waals surface area contributed by atoms with Crippen LogP contribution in [-0.4, -0.2) is 23.7 Å². The van der Waals surface area contributed by atoms with E-state index in [2.05, 4.69) is 22.8 Å². The molecule has 2 aliphatic rings. The number of carboxylic acid groups (broad SMARTS) is 1. The third-order valence-corrected chi connectivity index (χ3v) is 6.78. The lowest BCUT2D eigenvalue weighted by Gasteiger charge is -2.39. The maximum Gasteiger partial charge on any atom is 0.306 e. The van der Waals surface area contributed by atoms with E-state index in [-0.39, 0.29) is 5.92 Å². The Labute approximate surface area is 137 Å². The predicted octanol–water partition coefficient (Wildman–Crippen LogP) is 4.18. The second kappa shape index (κ2) is 7.14. The number of hydrogen-bond donors (Lipinski definition) is 2. The average molecular weight is 321 g/mol. The Morgan fingerprint density at radius 2 is 1.95 bits per heavy atom. The van der Waals surface area contributed by atoms with Gasteiger partial charge in [-0.3, -0.25) is 4.79 Å². The van der Waals surface area contributed by atoms with Gasteiger partial charge in [0.05, 0.1) is 5.92 Å². The zero-order valence-electron chi connectivity index (χ0n) is 13.2. The van der Waals surface area contributed by atoms with E-state index < -0.39 is 5.97 Å². The van der Waals surface area contributed by atoms with Crippen LogP contribution in [0.4, 0.5) is 0 Å². The van der Waals surface area contributed by atoms with Crippen molar-refractivity contribution in [3.63, 3.8) is 0 Å². The molecule has 0 aliphatic heterocycles. The summed E-state index contributed by atoms with van der Waals surface area (Å²) in [5.41, 5.74) is 0.329. The lowest BCUT2D eigenvalue weighted by Crippen LogP contribution is -2.44. The molecular weight excluding hydrogens is 294 g/mol. The Balaban J connectivity index is 1.57. The monoisotopic (exact) mass is 321 g/mol. The first kappa shape index (κ1) is 16.0. The van der Waals surface area contributed by atoms with Crippen molar-refractivity contribution < 1.29 is 9.90 Å². The number of thiophene rings is 1. The molecule has 2 saturated carbocycles. The van der Waals surface area contributed by atoms with Crippen molar-refractivity contribution in [2.45, 2.75) is 69.2 Å². The fourth-order valence-corrected chi connectivity index (χ4v) is 5.19. The molecular formula is C18H27NO2S. The molecule has 3 nitrogen and oxygen atoms in total. The Kier molecular flexibility index (Phi) is 5.19. The van der Waals surface area contributed by atoms with Gasteiger partial charge in [-0.2, -0.15) is 0 Å². The van der Waals surface area contributed by atoms with E-state index in [1.54, 1.807) is 4.88 Å². The maximum atomic E-state index is 11.1. The van der Waals surface area contributed by atoms with Gasteiger partial charge >= 0.3 is 5.97 Å². The van der Waals surface area contributed by atoms with Crippen LogP contribution < -0.4 is 5.32 Å². The second-order valence-electron chi connectivity index (χ2n) is 7.09. The third kappa shape index (κ3) is 3.54. The highest BCUT2D eigenvalue weighted by atomic mass is 32.1. The summed E-state index contributed by atoms with van der Waals surface area (Å²) >= 11 is 1.90. The van der Waals surface area contributed by atoms with E-state index in [9.17, 15) is 4.79 Å². The molecule has 0 radical (unpaired) electrons. The standard InChI is InChI=1S/C18H27NO2S/c20-17(21)14-6-8-15(9-7-14)19-13-18(10-2-1-3-11-18)16-5-4-12-22-16/h4-5,12,14-15,19H,1-3,6-11,13H2,(H,20,21). The Morgan fingerprint density at radius 3 is 2.55 bits per heavy atom. The highest BCUT2D eigenvalue weighted by Gasteiger charge is 2.35. The van der Waals surface area contributed by atoms with Crippen molar-refractivity contribution >= 4 is 17.3 Å². The third-order valence-electron chi connectivity index (χ3n) is 5.66. The van der Waals surface area contributed by atoms with E-state index in [1.807, 2.05) is 11.3 Å². The molecule has 122 valence electrons. The van der Waals surface area contributed by atoms with Crippen LogP contribution in [-0.2, 0) is 10.2 Å². The minimum absolute atomic E-state index is 0.112. The zero-order valence-corrected chi connectivity index (χ0v) is 14.0. The molecule has 0 aromatic carbocycles. The van der Waals surface area contributed by atoms with E-state index in [4.69, 9.17) is 5.11 Å². The smallest absolute Gasteiger partial charge is 0.306 e. The summed E-state index contributed by atoms with van der Waals surface area (Å²) in [7, 11) is 0. The fourth-order valence-electron chi connectivity index (χ4n) is 4.20. The van der Waals surface area contributed by atoms with Crippen LogP contribution in [0.1, 0.15) is 62.7 Å². The van der Waals surface area contributed by atoms with Gasteiger partial charge in [-0.15, -0.1) is 11.3 Å². The molecule has 1 heterocycles. The molecule has 2 fully saturated rings. The SMILES string of the molecule is O=C(O)C1CCC(NCC2(c3cccs3)CCCCC2)CC1. The first-order valence-corrected chi connectivity index (χ1v) is 9.58.